The average molecular weight is 349 g/mol. The van der Waals surface area contributed by atoms with Crippen LogP contribution in [-0.2, 0) is 11.2 Å². The molecule has 2 bridgehead atoms. The number of hydrogen-bond donors (Lipinski definition) is 1. The van der Waals surface area contributed by atoms with Crippen molar-refractivity contribution in [3.05, 3.63) is 35.1 Å². The van der Waals surface area contributed by atoms with Gasteiger partial charge in [-0.3, -0.25) is 4.79 Å². The molecular weight excluding hydrogens is 324 g/mol. The molecule has 0 spiro atoms. The molecule has 1 aromatic carbocycles. The van der Waals surface area contributed by atoms with Gasteiger partial charge < -0.3 is 14.6 Å². The quantitative estimate of drug-likeness (QED) is 0.905. The summed E-state index contributed by atoms with van der Waals surface area (Å²) in [5.74, 6) is 0.252. The van der Waals surface area contributed by atoms with Crippen molar-refractivity contribution in [3.63, 3.8) is 0 Å². The normalized spacial score (nSPS) is 23.2. The SMILES string of the molecule is Cc1ccc2c(CC(=O)N3C4CCNCC3CC4)coc2c1C.Cl. The predicted molar refractivity (Wildman–Crippen MR) is 97.8 cm³/mol. The van der Waals surface area contributed by atoms with Crippen LogP contribution in [0.2, 0.25) is 0 Å². The van der Waals surface area contributed by atoms with Gasteiger partial charge in [-0.15, -0.1) is 12.4 Å². The molecule has 4 nitrogen and oxygen atoms in total. The van der Waals surface area contributed by atoms with Crippen molar-refractivity contribution < 1.29 is 9.21 Å². The first-order chi connectivity index (χ1) is 11.1. The fourth-order valence-electron chi connectivity index (χ4n) is 4.17. The minimum atomic E-state index is 0. The summed E-state index contributed by atoms with van der Waals surface area (Å²) in [5.41, 5.74) is 4.33. The van der Waals surface area contributed by atoms with Gasteiger partial charge in [-0.2, -0.15) is 0 Å². The van der Waals surface area contributed by atoms with Crippen molar-refractivity contribution in [2.45, 2.75) is 51.6 Å². The smallest absolute Gasteiger partial charge is 0.227 e. The summed E-state index contributed by atoms with van der Waals surface area (Å²) in [7, 11) is 0. The van der Waals surface area contributed by atoms with Crippen LogP contribution in [0.5, 0.6) is 0 Å². The molecule has 2 saturated heterocycles. The first-order valence-electron chi connectivity index (χ1n) is 8.63. The summed E-state index contributed by atoms with van der Waals surface area (Å²) < 4.78 is 5.76. The van der Waals surface area contributed by atoms with E-state index in [1.807, 2.05) is 0 Å². The number of fused-ring (bicyclic) bond motifs is 3. The molecule has 2 fully saturated rings. The van der Waals surface area contributed by atoms with E-state index >= 15 is 0 Å². The number of rotatable bonds is 2. The number of furan rings is 1. The molecule has 2 atom stereocenters. The maximum Gasteiger partial charge on any atom is 0.227 e. The standard InChI is InChI=1S/C19H24N2O2.ClH/c1-12-3-6-17-14(11-23-19(17)13(12)2)9-18(22)21-15-4-5-16(21)10-20-8-7-15;/h3,6,11,15-16,20H,4-5,7-10H2,1-2H3;1H. The molecule has 4 rings (SSSR count). The lowest BCUT2D eigenvalue weighted by Crippen LogP contribution is -2.43. The van der Waals surface area contributed by atoms with E-state index in [2.05, 4.69) is 36.2 Å². The van der Waals surface area contributed by atoms with E-state index in [0.29, 0.717) is 18.5 Å². The molecule has 1 aromatic heterocycles. The molecule has 0 saturated carbocycles. The molecule has 0 aliphatic carbocycles. The second-order valence-electron chi connectivity index (χ2n) is 7.00. The number of carbonyl (C=O) groups excluding carboxylic acids is 1. The van der Waals surface area contributed by atoms with Crippen LogP contribution in [-0.4, -0.2) is 36.0 Å². The summed E-state index contributed by atoms with van der Waals surface area (Å²) in [4.78, 5) is 15.1. The molecule has 3 heterocycles. The highest BCUT2D eigenvalue weighted by atomic mass is 35.5. The Morgan fingerprint density at radius 1 is 1.25 bits per heavy atom. The van der Waals surface area contributed by atoms with Gasteiger partial charge >= 0.3 is 0 Å². The summed E-state index contributed by atoms with van der Waals surface area (Å²) in [5, 5.41) is 4.54. The van der Waals surface area contributed by atoms with Crippen molar-refractivity contribution >= 4 is 29.3 Å². The Balaban J connectivity index is 0.00000169. The fourth-order valence-corrected chi connectivity index (χ4v) is 4.17. The first kappa shape index (κ1) is 17.3. The maximum atomic E-state index is 12.9. The Hall–Kier alpha value is -1.52. The number of hydrogen-bond acceptors (Lipinski definition) is 3. The zero-order valence-corrected chi connectivity index (χ0v) is 15.1. The number of amides is 1. The third-order valence-electron chi connectivity index (χ3n) is 5.63. The Bertz CT molecular complexity index is 741. The number of carbonyl (C=O) groups is 1. The number of aryl methyl sites for hydroxylation is 2. The fraction of sp³-hybridized carbons (Fsp3) is 0.526. The topological polar surface area (TPSA) is 45.5 Å². The van der Waals surface area contributed by atoms with Crippen LogP contribution in [0, 0.1) is 13.8 Å². The van der Waals surface area contributed by atoms with Gasteiger partial charge in [0.1, 0.15) is 5.58 Å². The monoisotopic (exact) mass is 348 g/mol. The van der Waals surface area contributed by atoms with Crippen LogP contribution in [0.4, 0.5) is 0 Å². The molecule has 1 N–H and O–H groups in total. The molecule has 2 unspecified atom stereocenters. The lowest BCUT2D eigenvalue weighted by Gasteiger charge is -2.27. The van der Waals surface area contributed by atoms with Gasteiger partial charge in [-0.1, -0.05) is 12.1 Å². The van der Waals surface area contributed by atoms with E-state index in [9.17, 15) is 4.79 Å². The van der Waals surface area contributed by atoms with Crippen molar-refractivity contribution in [2.24, 2.45) is 0 Å². The Morgan fingerprint density at radius 2 is 2.04 bits per heavy atom. The maximum absolute atomic E-state index is 12.9. The van der Waals surface area contributed by atoms with E-state index < -0.39 is 0 Å². The highest BCUT2D eigenvalue weighted by Gasteiger charge is 2.37. The minimum absolute atomic E-state index is 0. The number of nitrogens with zero attached hydrogens (tertiary/aromatic N) is 1. The van der Waals surface area contributed by atoms with Gasteiger partial charge in [-0.05, 0) is 50.8 Å². The van der Waals surface area contributed by atoms with Crippen molar-refractivity contribution in [1.82, 2.24) is 10.2 Å². The second-order valence-corrected chi connectivity index (χ2v) is 7.00. The molecular formula is C19H25ClN2O2. The Kier molecular flexibility index (Phi) is 4.88. The van der Waals surface area contributed by atoms with Crippen molar-refractivity contribution in [2.75, 3.05) is 13.1 Å². The third kappa shape index (κ3) is 2.82. The second kappa shape index (κ2) is 6.77. The number of benzene rings is 1. The third-order valence-corrected chi connectivity index (χ3v) is 5.63. The lowest BCUT2D eigenvalue weighted by atomic mass is 10.0. The van der Waals surface area contributed by atoms with Gasteiger partial charge in [0.25, 0.3) is 0 Å². The molecule has 5 heteroatoms. The molecule has 2 aliphatic rings. The first-order valence-corrected chi connectivity index (χ1v) is 8.63. The van der Waals surface area contributed by atoms with Crippen LogP contribution in [0.25, 0.3) is 11.0 Å². The van der Waals surface area contributed by atoms with Gasteiger partial charge in [0, 0.05) is 29.6 Å². The molecule has 2 aliphatic heterocycles. The lowest BCUT2D eigenvalue weighted by molar-refractivity contribution is -0.133. The average Bonchev–Trinajstić information content (AvgIpc) is 3.03. The number of halogens is 1. The highest BCUT2D eigenvalue weighted by molar-refractivity contribution is 5.90. The summed E-state index contributed by atoms with van der Waals surface area (Å²) >= 11 is 0. The molecule has 1 amide bonds. The zero-order valence-electron chi connectivity index (χ0n) is 14.3. The van der Waals surface area contributed by atoms with Crippen LogP contribution in [0.3, 0.4) is 0 Å². The van der Waals surface area contributed by atoms with Crippen molar-refractivity contribution in [3.8, 4) is 0 Å². The predicted octanol–water partition coefficient (Wildman–Crippen LogP) is 3.37. The van der Waals surface area contributed by atoms with Crippen LogP contribution < -0.4 is 5.32 Å². The Labute approximate surface area is 149 Å². The van der Waals surface area contributed by atoms with E-state index in [4.69, 9.17) is 4.42 Å². The van der Waals surface area contributed by atoms with Gasteiger partial charge in [0.05, 0.1) is 12.7 Å². The molecule has 130 valence electrons. The van der Waals surface area contributed by atoms with Crippen LogP contribution >= 0.6 is 12.4 Å². The van der Waals surface area contributed by atoms with E-state index in [-0.39, 0.29) is 18.3 Å². The van der Waals surface area contributed by atoms with E-state index in [1.165, 1.54) is 11.1 Å². The molecule has 0 radical (unpaired) electrons. The van der Waals surface area contributed by atoms with Gasteiger partial charge in [-0.25, -0.2) is 0 Å². The summed E-state index contributed by atoms with van der Waals surface area (Å²) in [6.45, 7) is 6.13. The zero-order chi connectivity index (χ0) is 16.0. The largest absolute Gasteiger partial charge is 0.464 e. The molecule has 24 heavy (non-hydrogen) atoms. The van der Waals surface area contributed by atoms with E-state index in [1.54, 1.807) is 6.26 Å². The summed E-state index contributed by atoms with van der Waals surface area (Å²) in [6.07, 6.45) is 5.58. The number of nitrogens with one attached hydrogen (secondary N) is 1. The minimum Gasteiger partial charge on any atom is -0.464 e. The molecule has 2 aromatic rings. The van der Waals surface area contributed by atoms with Gasteiger partial charge in [0.2, 0.25) is 5.91 Å². The van der Waals surface area contributed by atoms with Crippen LogP contribution in [0.15, 0.2) is 22.8 Å². The highest BCUT2D eigenvalue weighted by Crippen LogP contribution is 2.31. The van der Waals surface area contributed by atoms with E-state index in [0.717, 1.165) is 48.9 Å². The Morgan fingerprint density at radius 3 is 2.88 bits per heavy atom. The summed E-state index contributed by atoms with van der Waals surface area (Å²) in [6, 6.07) is 4.99. The van der Waals surface area contributed by atoms with Gasteiger partial charge in [0.15, 0.2) is 0 Å². The van der Waals surface area contributed by atoms with Crippen molar-refractivity contribution in [1.29, 1.82) is 0 Å². The van der Waals surface area contributed by atoms with Crippen LogP contribution in [0.1, 0.15) is 36.0 Å².